The Kier molecular flexibility index (Phi) is 8.59. The number of aryl methyl sites for hydroxylation is 1. The summed E-state index contributed by atoms with van der Waals surface area (Å²) in [5.74, 6) is 3.33. The average molecular weight is 561 g/mol. The molecule has 0 bridgehead atoms. The van der Waals surface area contributed by atoms with Gasteiger partial charge in [0.1, 0.15) is 19.9 Å². The number of benzene rings is 1. The number of anilines is 1. The normalized spacial score (nSPS) is 16.8. The highest BCUT2D eigenvalue weighted by molar-refractivity contribution is 6.83. The zero-order valence-electron chi connectivity index (χ0n) is 23.8. The van der Waals surface area contributed by atoms with Crippen LogP contribution in [0.3, 0.4) is 0 Å². The van der Waals surface area contributed by atoms with Crippen molar-refractivity contribution in [3.63, 3.8) is 0 Å². The van der Waals surface area contributed by atoms with E-state index >= 15 is 0 Å². The van der Waals surface area contributed by atoms with Gasteiger partial charge in [0.2, 0.25) is 0 Å². The van der Waals surface area contributed by atoms with Crippen LogP contribution in [-0.2, 0) is 11.8 Å². The number of aromatic nitrogens is 4. The summed E-state index contributed by atoms with van der Waals surface area (Å²) < 4.78 is 7.00. The molecule has 0 aliphatic heterocycles. The number of hydrogen-bond acceptors (Lipinski definition) is 6. The number of aldehydes is 1. The Morgan fingerprint density at radius 1 is 1.23 bits per heavy atom. The van der Waals surface area contributed by atoms with Crippen molar-refractivity contribution >= 4 is 32.2 Å². The fraction of sp³-hybridized carbons (Fsp3) is 0.414. The molecule has 40 heavy (non-hydrogen) atoms. The molecule has 2 amide bonds. The summed E-state index contributed by atoms with van der Waals surface area (Å²) >= 11 is 0. The predicted octanol–water partition coefficient (Wildman–Crippen LogP) is 4.87. The smallest absolute Gasteiger partial charge is 0.407 e. The maximum absolute atomic E-state index is 13.1. The van der Waals surface area contributed by atoms with Gasteiger partial charge in [-0.25, -0.2) is 4.79 Å². The summed E-state index contributed by atoms with van der Waals surface area (Å²) in [6, 6.07) is 8.95. The summed E-state index contributed by atoms with van der Waals surface area (Å²) in [5.41, 5.74) is 6.73. The van der Waals surface area contributed by atoms with Gasteiger partial charge in [-0.3, -0.25) is 19.4 Å². The Morgan fingerprint density at radius 3 is 2.70 bits per heavy atom. The van der Waals surface area contributed by atoms with Gasteiger partial charge in [0, 0.05) is 47.5 Å². The van der Waals surface area contributed by atoms with Gasteiger partial charge in [0.15, 0.2) is 12.1 Å². The van der Waals surface area contributed by atoms with E-state index in [2.05, 4.69) is 57.0 Å². The molecule has 210 valence electrons. The van der Waals surface area contributed by atoms with E-state index in [4.69, 9.17) is 4.74 Å². The van der Waals surface area contributed by atoms with E-state index in [1.165, 1.54) is 4.68 Å². The van der Waals surface area contributed by atoms with Crippen LogP contribution < -0.4 is 10.6 Å². The van der Waals surface area contributed by atoms with Crippen molar-refractivity contribution in [2.24, 2.45) is 7.05 Å². The van der Waals surface area contributed by atoms with Crippen LogP contribution in [0, 0.1) is 11.5 Å². The first-order valence-electron chi connectivity index (χ1n) is 13.4. The number of H-pyrrole nitrogens is 1. The molecule has 2 heterocycles. The third kappa shape index (κ3) is 7.07. The minimum Gasteiger partial charge on any atom is -0.446 e. The van der Waals surface area contributed by atoms with Crippen LogP contribution in [0.1, 0.15) is 71.1 Å². The lowest BCUT2D eigenvalue weighted by Gasteiger charge is -2.14. The van der Waals surface area contributed by atoms with E-state index < -0.39 is 14.2 Å². The Labute approximate surface area is 235 Å². The third-order valence-corrected chi connectivity index (χ3v) is 7.40. The van der Waals surface area contributed by atoms with Crippen LogP contribution in [0.5, 0.6) is 0 Å². The molecule has 0 radical (unpaired) electrons. The summed E-state index contributed by atoms with van der Waals surface area (Å²) in [4.78, 5) is 37.1. The first kappa shape index (κ1) is 28.8. The zero-order valence-corrected chi connectivity index (χ0v) is 24.8. The molecule has 1 saturated carbocycles. The van der Waals surface area contributed by atoms with Crippen LogP contribution in [0.25, 0.3) is 11.3 Å². The summed E-state index contributed by atoms with van der Waals surface area (Å²) in [7, 11) is 0.0459. The van der Waals surface area contributed by atoms with E-state index in [1.54, 1.807) is 19.2 Å². The Bertz CT molecular complexity index is 1470. The highest BCUT2D eigenvalue weighted by Crippen LogP contribution is 2.36. The number of ether oxygens (including phenoxy) is 1. The van der Waals surface area contributed by atoms with Crippen molar-refractivity contribution in [3.05, 3.63) is 52.8 Å². The molecular weight excluding hydrogens is 524 g/mol. The highest BCUT2D eigenvalue weighted by atomic mass is 28.3. The van der Waals surface area contributed by atoms with Crippen LogP contribution >= 0.6 is 0 Å². The van der Waals surface area contributed by atoms with Gasteiger partial charge in [-0.2, -0.15) is 10.2 Å². The third-order valence-electron chi connectivity index (χ3n) is 6.53. The van der Waals surface area contributed by atoms with Gasteiger partial charge in [0.05, 0.1) is 5.69 Å². The molecule has 3 N–H and O–H groups in total. The second-order valence-electron chi connectivity index (χ2n) is 11.4. The summed E-state index contributed by atoms with van der Waals surface area (Å²) in [5, 5.41) is 17.3. The van der Waals surface area contributed by atoms with Crippen LogP contribution in [0.4, 0.5) is 10.6 Å². The Balaban J connectivity index is 1.45. The summed E-state index contributed by atoms with van der Waals surface area (Å²) in [6.07, 6.45) is 2.53. The first-order chi connectivity index (χ1) is 18.9. The fourth-order valence-corrected chi connectivity index (χ4v) is 5.14. The van der Waals surface area contributed by atoms with Crippen LogP contribution in [0.15, 0.2) is 30.3 Å². The molecular formula is C29H36N6O4Si. The number of aromatic amines is 1. The van der Waals surface area contributed by atoms with E-state index in [0.29, 0.717) is 40.3 Å². The number of nitrogens with one attached hydrogen (secondary N) is 3. The van der Waals surface area contributed by atoms with Gasteiger partial charge < -0.3 is 15.4 Å². The highest BCUT2D eigenvalue weighted by Gasteiger charge is 2.30. The molecule has 2 aromatic heterocycles. The molecule has 2 atom stereocenters. The Hall–Kier alpha value is -4.17. The number of nitrogens with zero attached hydrogens (tertiary/aromatic N) is 3. The van der Waals surface area contributed by atoms with Gasteiger partial charge in [-0.1, -0.05) is 37.7 Å². The number of hydrogen-bond donors (Lipinski definition) is 3. The minimum absolute atomic E-state index is 0.0188. The minimum atomic E-state index is -1.63. The molecule has 0 unspecified atom stereocenters. The second kappa shape index (κ2) is 11.9. The predicted molar refractivity (Wildman–Crippen MR) is 156 cm³/mol. The van der Waals surface area contributed by atoms with Crippen molar-refractivity contribution in [2.75, 3.05) is 5.32 Å². The fourth-order valence-electron chi connectivity index (χ4n) is 4.63. The van der Waals surface area contributed by atoms with E-state index in [-0.39, 0.29) is 24.0 Å². The van der Waals surface area contributed by atoms with Crippen LogP contribution in [-0.4, -0.2) is 58.5 Å². The maximum Gasteiger partial charge on any atom is 0.407 e. The largest absolute Gasteiger partial charge is 0.446 e. The molecule has 0 spiro atoms. The van der Waals surface area contributed by atoms with Crippen molar-refractivity contribution in [1.82, 2.24) is 25.3 Å². The second-order valence-corrected chi connectivity index (χ2v) is 16.2. The lowest BCUT2D eigenvalue weighted by Crippen LogP contribution is -2.33. The SMILES string of the molecule is CC(C)NC(=O)O[C@@H]1CC[C@H](c2cc(NC(=O)c3cc(-c4cccc(C#C[Si](C)(C)C)c4C=O)nn3C)n[nH]2)C1. The lowest BCUT2D eigenvalue weighted by atomic mass is 10.00. The lowest BCUT2D eigenvalue weighted by molar-refractivity contribution is 0.0979. The van der Waals surface area contributed by atoms with E-state index in [9.17, 15) is 14.4 Å². The van der Waals surface area contributed by atoms with Crippen molar-refractivity contribution < 1.29 is 19.1 Å². The van der Waals surface area contributed by atoms with Gasteiger partial charge in [-0.15, -0.1) is 5.54 Å². The van der Waals surface area contributed by atoms with Crippen molar-refractivity contribution in [1.29, 1.82) is 0 Å². The number of alkyl carbamates (subject to hydrolysis) is 1. The van der Waals surface area contributed by atoms with E-state index in [1.807, 2.05) is 32.0 Å². The number of rotatable bonds is 7. The molecule has 4 rings (SSSR count). The zero-order chi connectivity index (χ0) is 29.0. The maximum atomic E-state index is 13.1. The molecule has 1 aliphatic rings. The van der Waals surface area contributed by atoms with E-state index in [0.717, 1.165) is 24.8 Å². The monoisotopic (exact) mass is 560 g/mol. The number of amides is 2. The van der Waals surface area contributed by atoms with Gasteiger partial charge >= 0.3 is 6.09 Å². The average Bonchev–Trinajstić information content (AvgIpc) is 3.61. The first-order valence-corrected chi connectivity index (χ1v) is 16.9. The quantitative estimate of drug-likeness (QED) is 0.215. The van der Waals surface area contributed by atoms with Gasteiger partial charge in [-0.05, 0) is 45.2 Å². The molecule has 1 fully saturated rings. The van der Waals surface area contributed by atoms with Crippen molar-refractivity contribution in [3.8, 4) is 22.7 Å². The topological polar surface area (TPSA) is 131 Å². The van der Waals surface area contributed by atoms with Gasteiger partial charge in [0.25, 0.3) is 5.91 Å². The number of carbonyl (C=O) groups is 3. The molecule has 1 aliphatic carbocycles. The molecule has 0 saturated heterocycles. The van der Waals surface area contributed by atoms with Crippen molar-refractivity contribution in [2.45, 2.75) is 70.8 Å². The standard InChI is InChI=1S/C29H36N6O4Si/c1-18(2)30-29(38)39-21-11-10-20(14-21)24-16-27(33-32-24)31-28(37)26-15-25(34-35(26)3)22-9-7-8-19(23(22)17-36)12-13-40(4,5)6/h7-9,15-18,20-21H,10-11,14H2,1-6H3,(H,30,38)(H2,31,32,33,37)/t20-,21+/m0/s1. The molecule has 3 aromatic rings. The molecule has 10 nitrogen and oxygen atoms in total. The number of carbonyl (C=O) groups excluding carboxylic acids is 3. The molecule has 1 aromatic carbocycles. The summed E-state index contributed by atoms with van der Waals surface area (Å²) in [6.45, 7) is 10.2. The van der Waals surface area contributed by atoms with Crippen LogP contribution in [0.2, 0.25) is 19.6 Å². The molecule has 11 heteroatoms. The Morgan fingerprint density at radius 2 is 2.00 bits per heavy atom.